The highest BCUT2D eigenvalue weighted by Crippen LogP contribution is 2.26. The van der Waals surface area contributed by atoms with E-state index in [1.165, 1.54) is 0 Å². The fraction of sp³-hybridized carbons (Fsp3) is 1.00. The van der Waals surface area contributed by atoms with Gasteiger partial charge in [0.15, 0.2) is 0 Å². The second-order valence-electron chi connectivity index (χ2n) is 3.94. The van der Waals surface area contributed by atoms with Gasteiger partial charge >= 0.3 is 0 Å². The Hall–Kier alpha value is 0.0300. The number of nitrogens with one attached hydrogen (secondary N) is 1. The van der Waals surface area contributed by atoms with Crippen LogP contribution in [0, 0.1) is 5.92 Å². The van der Waals surface area contributed by atoms with Gasteiger partial charge in [-0.3, -0.25) is 0 Å². The van der Waals surface area contributed by atoms with E-state index in [9.17, 15) is 4.21 Å². The van der Waals surface area contributed by atoms with Gasteiger partial charge in [-0.25, -0.2) is 8.93 Å². The molecule has 2 heterocycles. The summed E-state index contributed by atoms with van der Waals surface area (Å²) in [5.74, 6) is 0.991. The van der Waals surface area contributed by atoms with Crippen LogP contribution in [0.15, 0.2) is 0 Å². The predicted octanol–water partition coefficient (Wildman–Crippen LogP) is -1.07. The molecule has 4 nitrogen and oxygen atoms in total. The molecule has 4 atom stereocenters. The first-order valence-corrected chi connectivity index (χ1v) is 6.00. The van der Waals surface area contributed by atoms with Crippen molar-refractivity contribution in [1.29, 1.82) is 0 Å². The van der Waals surface area contributed by atoms with Crippen molar-refractivity contribution >= 4 is 11.0 Å². The summed E-state index contributed by atoms with van der Waals surface area (Å²) in [5, 5.41) is 9.15. The summed E-state index contributed by atoms with van der Waals surface area (Å²) < 4.78 is 14.4. The first kappa shape index (κ1) is 9.58. The van der Waals surface area contributed by atoms with E-state index in [-0.39, 0.29) is 18.6 Å². The second-order valence-corrected chi connectivity index (χ2v) is 5.20. The van der Waals surface area contributed by atoms with Gasteiger partial charge in [-0.2, -0.15) is 0 Å². The van der Waals surface area contributed by atoms with E-state index in [1.807, 2.05) is 0 Å². The summed E-state index contributed by atoms with van der Waals surface area (Å²) in [5.41, 5.74) is 0. The zero-order valence-electron chi connectivity index (χ0n) is 7.77. The van der Waals surface area contributed by atoms with Crippen LogP contribution in [-0.2, 0) is 11.0 Å². The molecule has 0 aromatic carbocycles. The lowest BCUT2D eigenvalue weighted by molar-refractivity contribution is 0.0884. The highest BCUT2D eigenvalue weighted by atomic mass is 32.2. The zero-order chi connectivity index (χ0) is 9.42. The summed E-state index contributed by atoms with van der Waals surface area (Å²) in [6.07, 6.45) is 0.998. The minimum atomic E-state index is -0.889. The fourth-order valence-corrected chi connectivity index (χ4v) is 3.79. The lowest BCUT2D eigenvalue weighted by atomic mass is 9.88. The highest BCUT2D eigenvalue weighted by molar-refractivity contribution is 7.83. The molecule has 2 saturated heterocycles. The lowest BCUT2D eigenvalue weighted by Crippen LogP contribution is -2.53. The van der Waals surface area contributed by atoms with Crippen molar-refractivity contribution in [3.63, 3.8) is 0 Å². The Labute approximate surface area is 80.9 Å². The molecule has 0 bridgehead atoms. The molecule has 76 valence electrons. The Kier molecular flexibility index (Phi) is 2.69. The van der Waals surface area contributed by atoms with Crippen molar-refractivity contribution in [2.45, 2.75) is 18.5 Å². The average molecular weight is 204 g/mol. The third-order valence-electron chi connectivity index (χ3n) is 3.17. The second kappa shape index (κ2) is 3.65. The maximum atomic E-state index is 11.3. The van der Waals surface area contributed by atoms with Crippen LogP contribution in [0.2, 0.25) is 0 Å². The van der Waals surface area contributed by atoms with Crippen molar-refractivity contribution in [2.24, 2.45) is 5.92 Å². The molecule has 2 rings (SSSR count). The molecule has 2 N–H and O–H groups in total. The quantitative estimate of drug-likeness (QED) is 0.572. The Bertz CT molecular complexity index is 224. The van der Waals surface area contributed by atoms with Crippen molar-refractivity contribution < 1.29 is 9.32 Å². The molecule has 0 aromatic heterocycles. The standard InChI is InChI=1S/C8H16N2O2S/c1-10-3-2-6(4-11)8-7(10)5-13(12)9-8/h6-9,11H,2-5H2,1H3/t6-,7+,8+,13?/m1/s1. The van der Waals surface area contributed by atoms with Crippen molar-refractivity contribution in [2.75, 3.05) is 26.0 Å². The SMILES string of the molecule is CN1CC[C@H](CO)[C@@H]2NS(=O)C[C@@H]21. The molecular formula is C8H16N2O2S. The maximum Gasteiger partial charge on any atom is 0.0935 e. The van der Waals surface area contributed by atoms with Gasteiger partial charge in [-0.1, -0.05) is 0 Å². The number of piperidine rings is 1. The van der Waals surface area contributed by atoms with E-state index in [4.69, 9.17) is 5.11 Å². The van der Waals surface area contributed by atoms with Gasteiger partial charge in [0.2, 0.25) is 0 Å². The maximum absolute atomic E-state index is 11.3. The van der Waals surface area contributed by atoms with Crippen LogP contribution in [0.4, 0.5) is 0 Å². The van der Waals surface area contributed by atoms with E-state index in [0.29, 0.717) is 11.8 Å². The molecule has 5 heteroatoms. The number of hydrogen-bond acceptors (Lipinski definition) is 3. The van der Waals surface area contributed by atoms with E-state index in [1.54, 1.807) is 0 Å². The summed E-state index contributed by atoms with van der Waals surface area (Å²) in [6.45, 7) is 1.21. The first-order chi connectivity index (χ1) is 6.22. The zero-order valence-corrected chi connectivity index (χ0v) is 8.59. The molecule has 0 saturated carbocycles. The summed E-state index contributed by atoms with van der Waals surface area (Å²) in [4.78, 5) is 2.24. The number of rotatable bonds is 1. The van der Waals surface area contributed by atoms with Crippen molar-refractivity contribution in [3.8, 4) is 0 Å². The number of nitrogens with zero attached hydrogens (tertiary/aromatic N) is 1. The van der Waals surface area contributed by atoms with Crippen LogP contribution in [-0.4, -0.2) is 52.3 Å². The third kappa shape index (κ3) is 1.66. The van der Waals surface area contributed by atoms with Gasteiger partial charge in [0.25, 0.3) is 0 Å². The van der Waals surface area contributed by atoms with Gasteiger partial charge in [0.1, 0.15) is 0 Å². The van der Waals surface area contributed by atoms with Crippen LogP contribution >= 0.6 is 0 Å². The van der Waals surface area contributed by atoms with E-state index in [2.05, 4.69) is 16.7 Å². The number of aliphatic hydroxyl groups excluding tert-OH is 1. The summed E-state index contributed by atoms with van der Waals surface area (Å²) in [6, 6.07) is 0.580. The minimum Gasteiger partial charge on any atom is -0.396 e. The van der Waals surface area contributed by atoms with Crippen molar-refractivity contribution in [3.05, 3.63) is 0 Å². The highest BCUT2D eigenvalue weighted by Gasteiger charge is 2.42. The Morgan fingerprint density at radius 2 is 2.46 bits per heavy atom. The average Bonchev–Trinajstić information content (AvgIpc) is 2.48. The number of hydrogen-bond donors (Lipinski definition) is 2. The summed E-state index contributed by atoms with van der Waals surface area (Å²) in [7, 11) is 1.18. The van der Waals surface area contributed by atoms with Crippen LogP contribution < -0.4 is 4.72 Å². The molecule has 0 aliphatic carbocycles. The largest absolute Gasteiger partial charge is 0.396 e. The summed E-state index contributed by atoms with van der Waals surface area (Å²) >= 11 is 0. The van der Waals surface area contributed by atoms with Gasteiger partial charge in [0.05, 0.1) is 16.7 Å². The third-order valence-corrected chi connectivity index (χ3v) is 4.34. The molecule has 0 amide bonds. The van der Waals surface area contributed by atoms with Crippen LogP contribution in [0.3, 0.4) is 0 Å². The van der Waals surface area contributed by atoms with E-state index >= 15 is 0 Å². The topological polar surface area (TPSA) is 52.6 Å². The molecule has 0 aromatic rings. The molecule has 13 heavy (non-hydrogen) atoms. The normalized spacial score (nSPS) is 46.3. The first-order valence-electron chi connectivity index (χ1n) is 4.68. The van der Waals surface area contributed by atoms with Gasteiger partial charge < -0.3 is 10.0 Å². The predicted molar refractivity (Wildman–Crippen MR) is 51.5 cm³/mol. The van der Waals surface area contributed by atoms with Gasteiger partial charge in [0, 0.05) is 24.6 Å². The molecule has 2 fully saturated rings. The molecule has 2 aliphatic rings. The number of likely N-dealkylation sites (N-methyl/N-ethyl adjacent to an activating group) is 1. The van der Waals surface area contributed by atoms with E-state index in [0.717, 1.165) is 13.0 Å². The molecule has 0 spiro atoms. The van der Waals surface area contributed by atoms with Crippen molar-refractivity contribution in [1.82, 2.24) is 9.62 Å². The minimum absolute atomic E-state index is 0.208. The Morgan fingerprint density at radius 3 is 3.15 bits per heavy atom. The number of aliphatic hydroxyl groups is 1. The van der Waals surface area contributed by atoms with Gasteiger partial charge in [-0.15, -0.1) is 0 Å². The number of likely N-dealkylation sites (tertiary alicyclic amines) is 1. The van der Waals surface area contributed by atoms with E-state index < -0.39 is 11.0 Å². The Morgan fingerprint density at radius 1 is 1.69 bits per heavy atom. The molecule has 2 aliphatic heterocycles. The van der Waals surface area contributed by atoms with Crippen LogP contribution in [0.5, 0.6) is 0 Å². The molecule has 0 radical (unpaired) electrons. The Balaban J connectivity index is 2.12. The molecule has 1 unspecified atom stereocenters. The van der Waals surface area contributed by atoms with Crippen LogP contribution in [0.25, 0.3) is 0 Å². The van der Waals surface area contributed by atoms with Gasteiger partial charge in [-0.05, 0) is 20.0 Å². The monoisotopic (exact) mass is 204 g/mol. The lowest BCUT2D eigenvalue weighted by Gasteiger charge is -2.38. The number of fused-ring (bicyclic) bond motifs is 1. The van der Waals surface area contributed by atoms with Crippen LogP contribution in [0.1, 0.15) is 6.42 Å². The fourth-order valence-electron chi connectivity index (χ4n) is 2.27. The molecular weight excluding hydrogens is 188 g/mol. The smallest absolute Gasteiger partial charge is 0.0935 e.